The molecule has 7 rings (SSSR count). The average molecular weight is 668 g/mol. The molecule has 2 unspecified atom stereocenters. The second kappa shape index (κ2) is 11.3. The van der Waals surface area contributed by atoms with Crippen LogP contribution in [0.5, 0.6) is 0 Å². The van der Waals surface area contributed by atoms with Crippen molar-refractivity contribution >= 4 is 56.6 Å². The van der Waals surface area contributed by atoms with Crippen molar-refractivity contribution in [2.75, 3.05) is 29.9 Å². The number of amides is 2. The molecule has 1 fully saturated rings. The Morgan fingerprint density at radius 3 is 2.54 bits per heavy atom. The monoisotopic (exact) mass is 667 g/mol. The summed E-state index contributed by atoms with van der Waals surface area (Å²) >= 11 is 7.41. The predicted molar refractivity (Wildman–Crippen MR) is 187 cm³/mol. The summed E-state index contributed by atoms with van der Waals surface area (Å²) in [4.78, 5) is 51.3. The maximum absolute atomic E-state index is 16.9. The molecular formula is C36H35ClFN7O3. The molecule has 1 saturated heterocycles. The van der Waals surface area contributed by atoms with Crippen LogP contribution in [0.2, 0.25) is 5.02 Å². The number of aryl methyl sites for hydroxylation is 2. The Morgan fingerprint density at radius 2 is 1.83 bits per heavy atom. The van der Waals surface area contributed by atoms with E-state index in [1.807, 2.05) is 57.7 Å². The molecule has 10 nitrogen and oxygen atoms in total. The van der Waals surface area contributed by atoms with Crippen molar-refractivity contribution in [2.24, 2.45) is 0 Å². The quantitative estimate of drug-likeness (QED) is 0.235. The van der Waals surface area contributed by atoms with Gasteiger partial charge in [-0.3, -0.25) is 29.0 Å². The van der Waals surface area contributed by atoms with E-state index in [4.69, 9.17) is 11.6 Å². The van der Waals surface area contributed by atoms with E-state index in [-0.39, 0.29) is 53.1 Å². The number of hydrogen-bond acceptors (Lipinski definition) is 6. The van der Waals surface area contributed by atoms with Gasteiger partial charge in [-0.1, -0.05) is 38.1 Å². The van der Waals surface area contributed by atoms with Crippen molar-refractivity contribution in [3.05, 3.63) is 87.3 Å². The number of carbonyl (C=O) groups is 2. The number of hydrogen-bond donors (Lipinski definition) is 1. The molecule has 48 heavy (non-hydrogen) atoms. The zero-order valence-corrected chi connectivity index (χ0v) is 28.3. The van der Waals surface area contributed by atoms with Gasteiger partial charge in [0.25, 0.3) is 11.5 Å². The summed E-state index contributed by atoms with van der Waals surface area (Å²) in [6.07, 6.45) is 4.56. The van der Waals surface area contributed by atoms with E-state index in [0.717, 1.165) is 11.1 Å². The number of nitrogens with zero attached hydrogens (tertiary/aromatic N) is 6. The van der Waals surface area contributed by atoms with Gasteiger partial charge in [0.15, 0.2) is 0 Å². The molecule has 5 heterocycles. The van der Waals surface area contributed by atoms with Gasteiger partial charge in [0, 0.05) is 47.7 Å². The first-order valence-corrected chi connectivity index (χ1v) is 16.2. The maximum Gasteiger partial charge on any atom is 0.281 e. The van der Waals surface area contributed by atoms with Gasteiger partial charge in [0.1, 0.15) is 17.5 Å². The van der Waals surface area contributed by atoms with E-state index in [2.05, 4.69) is 21.8 Å². The zero-order chi connectivity index (χ0) is 34.3. The number of anilines is 2. The van der Waals surface area contributed by atoms with E-state index in [9.17, 15) is 9.59 Å². The number of H-pyrrole nitrogens is 1. The van der Waals surface area contributed by atoms with Crippen LogP contribution < -0.4 is 15.4 Å². The first-order chi connectivity index (χ1) is 22.9. The summed E-state index contributed by atoms with van der Waals surface area (Å²) in [6.45, 7) is 13.5. The van der Waals surface area contributed by atoms with E-state index in [1.165, 1.54) is 21.6 Å². The molecule has 2 aliphatic heterocycles. The molecule has 246 valence electrons. The number of rotatable bonds is 4. The summed E-state index contributed by atoms with van der Waals surface area (Å²) in [5.74, 6) is -1.32. The third-order valence-electron chi connectivity index (χ3n) is 9.74. The van der Waals surface area contributed by atoms with E-state index in [1.54, 1.807) is 24.3 Å². The third kappa shape index (κ3) is 4.40. The van der Waals surface area contributed by atoms with Crippen LogP contribution in [0.4, 0.5) is 15.8 Å². The SMILES string of the molecule is C=CC(=O)N1CC2C(=O)N(C)c3c(c4cc(F)c(-c5c(C)ccc6[nH]ncc56)c(Cl)c4n(-c4c(C)ccnc4C(C)C)c3=O)N2CC1C. The molecule has 2 aromatic carbocycles. The van der Waals surface area contributed by atoms with E-state index >= 15 is 9.18 Å². The molecule has 2 aliphatic rings. The number of carbonyl (C=O) groups excluding carboxylic acids is 2. The van der Waals surface area contributed by atoms with E-state index < -0.39 is 17.4 Å². The molecule has 5 aromatic rings. The summed E-state index contributed by atoms with van der Waals surface area (Å²) < 4.78 is 18.4. The maximum atomic E-state index is 16.9. The number of piperazine rings is 1. The minimum absolute atomic E-state index is 0.0456. The summed E-state index contributed by atoms with van der Waals surface area (Å²) in [7, 11) is 1.54. The third-order valence-corrected chi connectivity index (χ3v) is 10.1. The molecular weight excluding hydrogens is 633 g/mol. The number of aromatic nitrogens is 4. The van der Waals surface area contributed by atoms with Crippen LogP contribution in [-0.4, -0.2) is 68.7 Å². The second-order valence-corrected chi connectivity index (χ2v) is 13.4. The Hall–Kier alpha value is -5.03. The highest BCUT2D eigenvalue weighted by Gasteiger charge is 2.46. The van der Waals surface area contributed by atoms with Crippen LogP contribution >= 0.6 is 11.6 Å². The van der Waals surface area contributed by atoms with Gasteiger partial charge >= 0.3 is 0 Å². The minimum Gasteiger partial charge on any atom is -0.354 e. The van der Waals surface area contributed by atoms with Gasteiger partial charge in [0.05, 0.1) is 45.9 Å². The van der Waals surface area contributed by atoms with Gasteiger partial charge in [-0.2, -0.15) is 5.10 Å². The Labute approximate surface area is 281 Å². The fourth-order valence-electron chi connectivity index (χ4n) is 7.41. The fourth-order valence-corrected chi connectivity index (χ4v) is 7.79. The second-order valence-electron chi connectivity index (χ2n) is 13.0. The average Bonchev–Trinajstić information content (AvgIpc) is 3.53. The molecule has 0 radical (unpaired) electrons. The van der Waals surface area contributed by atoms with Gasteiger partial charge in [0.2, 0.25) is 5.91 Å². The highest BCUT2D eigenvalue weighted by atomic mass is 35.5. The molecule has 2 atom stereocenters. The number of fused-ring (bicyclic) bond motifs is 6. The summed E-state index contributed by atoms with van der Waals surface area (Å²) in [5.41, 5.74) is 4.45. The number of aromatic amines is 1. The van der Waals surface area contributed by atoms with Crippen LogP contribution in [0, 0.1) is 19.7 Å². The van der Waals surface area contributed by atoms with Crippen molar-refractivity contribution in [1.82, 2.24) is 24.6 Å². The number of nitrogens with one attached hydrogen (secondary N) is 1. The molecule has 0 bridgehead atoms. The fraction of sp³-hybridized carbons (Fsp3) is 0.306. The Balaban J connectivity index is 1.65. The molecule has 12 heteroatoms. The number of likely N-dealkylation sites (N-methyl/N-ethyl adjacent to an activating group) is 1. The smallest absolute Gasteiger partial charge is 0.281 e. The first-order valence-electron chi connectivity index (χ1n) is 15.8. The topological polar surface area (TPSA) is 107 Å². The van der Waals surface area contributed by atoms with Crippen LogP contribution in [0.15, 0.2) is 54.1 Å². The lowest BCUT2D eigenvalue weighted by molar-refractivity contribution is -0.130. The van der Waals surface area contributed by atoms with Crippen molar-refractivity contribution in [3.8, 4) is 16.8 Å². The first kappa shape index (κ1) is 31.6. The Kier molecular flexibility index (Phi) is 7.43. The van der Waals surface area contributed by atoms with Crippen LogP contribution in [0.25, 0.3) is 38.6 Å². The van der Waals surface area contributed by atoms with Crippen molar-refractivity contribution in [3.63, 3.8) is 0 Å². The molecule has 2 amide bonds. The minimum atomic E-state index is -0.809. The van der Waals surface area contributed by atoms with Crippen molar-refractivity contribution in [2.45, 2.75) is 52.6 Å². The molecule has 1 N–H and O–H groups in total. The lowest BCUT2D eigenvalue weighted by Gasteiger charge is -2.50. The van der Waals surface area contributed by atoms with Crippen molar-refractivity contribution in [1.29, 1.82) is 0 Å². The van der Waals surface area contributed by atoms with Gasteiger partial charge < -0.3 is 14.7 Å². The molecule has 3 aromatic heterocycles. The Morgan fingerprint density at radius 1 is 1.08 bits per heavy atom. The standard InChI is InChI=1S/C36H35ClFN7O3/c1-8-26(46)43-16-25-35(47)42(7)34-33(44(25)15-20(43)6)21-13-23(38)28(27-18(4)9-10-24-22(27)14-40-41-24)29(37)32(21)45(36(34)48)31-19(5)11-12-39-30(31)17(2)3/h8-14,17,20,25H,1,15-16H2,2-7H3,(H,40,41). The normalized spacial score (nSPS) is 17.8. The van der Waals surface area contributed by atoms with Crippen LogP contribution in [0.3, 0.4) is 0 Å². The van der Waals surface area contributed by atoms with Gasteiger partial charge in [-0.25, -0.2) is 4.39 Å². The van der Waals surface area contributed by atoms with Gasteiger partial charge in [-0.05, 0) is 62.1 Å². The summed E-state index contributed by atoms with van der Waals surface area (Å²) in [5, 5.41) is 8.24. The Bertz CT molecular complexity index is 2280. The highest BCUT2D eigenvalue weighted by molar-refractivity contribution is 6.39. The highest BCUT2D eigenvalue weighted by Crippen LogP contribution is 2.48. The molecule has 0 saturated carbocycles. The molecule has 0 spiro atoms. The van der Waals surface area contributed by atoms with E-state index in [0.29, 0.717) is 44.4 Å². The molecule has 0 aliphatic carbocycles. The predicted octanol–water partition coefficient (Wildman–Crippen LogP) is 6.03. The lowest BCUT2D eigenvalue weighted by Crippen LogP contribution is -2.66. The lowest BCUT2D eigenvalue weighted by atomic mass is 9.93. The number of benzene rings is 2. The number of pyridine rings is 2. The summed E-state index contributed by atoms with van der Waals surface area (Å²) in [6, 6.07) is 5.83. The largest absolute Gasteiger partial charge is 0.354 e. The zero-order valence-electron chi connectivity index (χ0n) is 27.6. The van der Waals surface area contributed by atoms with Crippen LogP contribution in [-0.2, 0) is 9.59 Å². The van der Waals surface area contributed by atoms with Crippen molar-refractivity contribution < 1.29 is 14.0 Å². The van der Waals surface area contributed by atoms with Gasteiger partial charge in [-0.15, -0.1) is 0 Å². The number of halogens is 2. The van der Waals surface area contributed by atoms with Crippen LogP contribution in [0.1, 0.15) is 43.5 Å².